The smallest absolute Gasteiger partial charge is 0.338 e. The molecule has 8 atom stereocenters. The lowest BCUT2D eigenvalue weighted by molar-refractivity contribution is -0.179. The zero-order valence-corrected chi connectivity index (χ0v) is 21.5. The minimum absolute atomic E-state index is 0.00355. The molecule has 16 nitrogen and oxygen atoms in total. The molecule has 0 saturated carbocycles. The molecule has 0 aliphatic carbocycles. The molecule has 0 radical (unpaired) electrons. The van der Waals surface area contributed by atoms with E-state index in [-0.39, 0.29) is 52.9 Å². The number of carbonyl (C=O) groups is 2. The molecular weight excluding hydrogens is 520 g/mol. The standard InChI is InChI=1S/C22H42O16/c1-3-35-19(17(29)15(27)13(25)11-23)21(31)37-9-7-33-5-6-34-8-10-38-22(32)20(36-4-2)18(30)16(28)14(26)12-24/h13-20,23-30H,3-12H2,1-2H3. The third-order valence-corrected chi connectivity index (χ3v) is 4.96. The van der Waals surface area contributed by atoms with Gasteiger partial charge in [-0.05, 0) is 13.8 Å². The molecule has 38 heavy (non-hydrogen) atoms. The molecular formula is C22H42O16. The van der Waals surface area contributed by atoms with Crippen LogP contribution < -0.4 is 0 Å². The highest BCUT2D eigenvalue weighted by Crippen LogP contribution is 2.12. The monoisotopic (exact) mass is 562 g/mol. The van der Waals surface area contributed by atoms with Gasteiger partial charge in [0, 0.05) is 13.2 Å². The van der Waals surface area contributed by atoms with Gasteiger partial charge in [-0.2, -0.15) is 0 Å². The topological polar surface area (TPSA) is 251 Å². The molecule has 0 saturated heterocycles. The van der Waals surface area contributed by atoms with Gasteiger partial charge in [0.05, 0.1) is 39.6 Å². The van der Waals surface area contributed by atoms with Crippen molar-refractivity contribution in [3.8, 4) is 0 Å². The summed E-state index contributed by atoms with van der Waals surface area (Å²) in [6, 6.07) is 0. The number of aliphatic hydroxyl groups excluding tert-OH is 8. The zero-order chi connectivity index (χ0) is 29.1. The van der Waals surface area contributed by atoms with Crippen LogP contribution in [-0.2, 0) is 38.0 Å². The second-order valence-corrected chi connectivity index (χ2v) is 7.77. The van der Waals surface area contributed by atoms with Crippen molar-refractivity contribution in [1.29, 1.82) is 0 Å². The van der Waals surface area contributed by atoms with E-state index in [2.05, 4.69) is 0 Å². The normalized spacial score (nSPS) is 18.1. The lowest BCUT2D eigenvalue weighted by Crippen LogP contribution is -2.50. The van der Waals surface area contributed by atoms with Crippen LogP contribution in [0, 0.1) is 0 Å². The Morgan fingerprint density at radius 2 is 0.868 bits per heavy atom. The van der Waals surface area contributed by atoms with E-state index < -0.39 is 74.0 Å². The van der Waals surface area contributed by atoms with E-state index in [1.807, 2.05) is 0 Å². The molecule has 0 aliphatic rings. The third kappa shape index (κ3) is 13.5. The van der Waals surface area contributed by atoms with Gasteiger partial charge < -0.3 is 69.3 Å². The van der Waals surface area contributed by atoms with Crippen LogP contribution in [0.2, 0.25) is 0 Å². The van der Waals surface area contributed by atoms with Crippen LogP contribution in [0.25, 0.3) is 0 Å². The van der Waals surface area contributed by atoms with Crippen LogP contribution >= 0.6 is 0 Å². The molecule has 8 unspecified atom stereocenters. The molecule has 0 aromatic carbocycles. The van der Waals surface area contributed by atoms with Crippen molar-refractivity contribution in [2.45, 2.75) is 62.7 Å². The van der Waals surface area contributed by atoms with Crippen molar-refractivity contribution in [3.05, 3.63) is 0 Å². The second-order valence-electron chi connectivity index (χ2n) is 7.77. The predicted octanol–water partition coefficient (Wildman–Crippen LogP) is -4.93. The molecule has 0 heterocycles. The van der Waals surface area contributed by atoms with Gasteiger partial charge in [0.15, 0.2) is 12.2 Å². The average molecular weight is 563 g/mol. The van der Waals surface area contributed by atoms with Crippen LogP contribution in [0.5, 0.6) is 0 Å². The molecule has 0 fully saturated rings. The molecule has 226 valence electrons. The molecule has 0 aliphatic heterocycles. The molecule has 16 heteroatoms. The SMILES string of the molecule is CCOC(C(=O)OCCOCCOCCOC(=O)C(OCC)C(O)C(O)C(O)CO)C(O)C(O)C(O)CO. The van der Waals surface area contributed by atoms with Gasteiger partial charge in [0.1, 0.15) is 49.8 Å². The van der Waals surface area contributed by atoms with Gasteiger partial charge >= 0.3 is 11.9 Å². The first kappa shape index (κ1) is 36.5. The molecule has 0 spiro atoms. The predicted molar refractivity (Wildman–Crippen MR) is 125 cm³/mol. The molecule has 0 rings (SSSR count). The minimum Gasteiger partial charge on any atom is -0.461 e. The molecule has 0 aromatic rings. The van der Waals surface area contributed by atoms with Crippen LogP contribution in [-0.4, -0.2) is 168 Å². The van der Waals surface area contributed by atoms with Crippen molar-refractivity contribution < 1.29 is 78.9 Å². The Labute approximate surface area is 220 Å². The summed E-state index contributed by atoms with van der Waals surface area (Å²) in [5, 5.41) is 76.1. The summed E-state index contributed by atoms with van der Waals surface area (Å²) in [5.74, 6) is -2.00. The first-order valence-electron chi connectivity index (χ1n) is 12.1. The first-order valence-corrected chi connectivity index (χ1v) is 12.1. The van der Waals surface area contributed by atoms with E-state index in [4.69, 9.17) is 38.6 Å². The van der Waals surface area contributed by atoms with Crippen molar-refractivity contribution in [2.24, 2.45) is 0 Å². The largest absolute Gasteiger partial charge is 0.461 e. The highest BCUT2D eigenvalue weighted by atomic mass is 16.6. The van der Waals surface area contributed by atoms with E-state index in [9.17, 15) is 40.2 Å². The summed E-state index contributed by atoms with van der Waals surface area (Å²) in [6.07, 6.45) is -13.9. The van der Waals surface area contributed by atoms with E-state index in [0.717, 1.165) is 0 Å². The lowest BCUT2D eigenvalue weighted by Gasteiger charge is -2.27. The van der Waals surface area contributed by atoms with Crippen molar-refractivity contribution >= 4 is 11.9 Å². The lowest BCUT2D eigenvalue weighted by atomic mass is 10.0. The molecule has 0 aromatic heterocycles. The highest BCUT2D eigenvalue weighted by Gasteiger charge is 2.38. The number of ether oxygens (including phenoxy) is 6. The third-order valence-electron chi connectivity index (χ3n) is 4.96. The van der Waals surface area contributed by atoms with E-state index in [1.165, 1.54) is 0 Å². The minimum atomic E-state index is -1.84. The summed E-state index contributed by atoms with van der Waals surface area (Å²) in [7, 11) is 0. The maximum absolute atomic E-state index is 12.1. The fourth-order valence-electron chi connectivity index (χ4n) is 2.89. The van der Waals surface area contributed by atoms with E-state index >= 15 is 0 Å². The van der Waals surface area contributed by atoms with Gasteiger partial charge in [-0.3, -0.25) is 0 Å². The molecule has 8 N–H and O–H groups in total. The summed E-state index contributed by atoms with van der Waals surface area (Å²) < 4.78 is 30.4. The van der Waals surface area contributed by atoms with Gasteiger partial charge in [-0.1, -0.05) is 0 Å². The Morgan fingerprint density at radius 1 is 0.553 bits per heavy atom. The van der Waals surface area contributed by atoms with Gasteiger partial charge in [-0.25, -0.2) is 9.59 Å². The second kappa shape index (κ2) is 21.3. The molecule has 0 bridgehead atoms. The Morgan fingerprint density at radius 3 is 1.16 bits per heavy atom. The van der Waals surface area contributed by atoms with Crippen LogP contribution in [0.3, 0.4) is 0 Å². The maximum atomic E-state index is 12.1. The number of hydrogen-bond donors (Lipinski definition) is 8. The maximum Gasteiger partial charge on any atom is 0.338 e. The highest BCUT2D eigenvalue weighted by molar-refractivity contribution is 5.76. The zero-order valence-electron chi connectivity index (χ0n) is 21.5. The van der Waals surface area contributed by atoms with E-state index in [1.54, 1.807) is 13.8 Å². The first-order chi connectivity index (χ1) is 18.1. The number of esters is 2. The Kier molecular flexibility index (Phi) is 20.4. The summed E-state index contributed by atoms with van der Waals surface area (Å²) >= 11 is 0. The quantitative estimate of drug-likeness (QED) is 0.0429. The van der Waals surface area contributed by atoms with Gasteiger partial charge in [0.2, 0.25) is 0 Å². The number of rotatable bonds is 23. The van der Waals surface area contributed by atoms with Crippen LogP contribution in [0.1, 0.15) is 13.8 Å². The van der Waals surface area contributed by atoms with Gasteiger partial charge in [-0.15, -0.1) is 0 Å². The van der Waals surface area contributed by atoms with Crippen LogP contribution in [0.4, 0.5) is 0 Å². The Balaban J connectivity index is 4.20. The fourth-order valence-corrected chi connectivity index (χ4v) is 2.89. The van der Waals surface area contributed by atoms with Crippen molar-refractivity contribution in [1.82, 2.24) is 0 Å². The van der Waals surface area contributed by atoms with Crippen molar-refractivity contribution in [2.75, 3.05) is 66.1 Å². The molecule has 0 amide bonds. The number of carbonyl (C=O) groups excluding carboxylic acids is 2. The Bertz CT molecular complexity index is 570. The average Bonchev–Trinajstić information content (AvgIpc) is 2.92. The summed E-state index contributed by atoms with van der Waals surface area (Å²) in [4.78, 5) is 24.2. The summed E-state index contributed by atoms with van der Waals surface area (Å²) in [5.41, 5.74) is 0. The summed E-state index contributed by atoms with van der Waals surface area (Å²) in [6.45, 7) is 1.06. The van der Waals surface area contributed by atoms with Crippen LogP contribution in [0.15, 0.2) is 0 Å². The number of hydrogen-bond acceptors (Lipinski definition) is 16. The van der Waals surface area contributed by atoms with E-state index in [0.29, 0.717) is 0 Å². The number of aliphatic hydroxyl groups is 8. The van der Waals surface area contributed by atoms with Crippen molar-refractivity contribution in [3.63, 3.8) is 0 Å². The van der Waals surface area contributed by atoms with Gasteiger partial charge in [0.25, 0.3) is 0 Å². The Hall–Kier alpha value is -1.54. The fraction of sp³-hybridized carbons (Fsp3) is 0.909.